The van der Waals surface area contributed by atoms with E-state index in [1.165, 1.54) is 11.8 Å². The summed E-state index contributed by atoms with van der Waals surface area (Å²) in [5, 5.41) is 14.8. The molecule has 6 heteroatoms. The Hall–Kier alpha value is -1.95. The molecular formula is C13H15N3O2S. The van der Waals surface area contributed by atoms with Crippen molar-refractivity contribution in [3.63, 3.8) is 0 Å². The molecule has 5 nitrogen and oxygen atoms in total. The Morgan fingerprint density at radius 2 is 2.21 bits per heavy atom. The molecule has 100 valence electrons. The summed E-state index contributed by atoms with van der Waals surface area (Å²) in [4.78, 5) is 0. The molecule has 0 aliphatic rings. The van der Waals surface area contributed by atoms with E-state index in [1.54, 1.807) is 7.11 Å². The lowest BCUT2D eigenvalue weighted by Gasteiger charge is -2.10. The van der Waals surface area contributed by atoms with Gasteiger partial charge in [0.05, 0.1) is 18.4 Å². The van der Waals surface area contributed by atoms with Crippen LogP contribution in [0.5, 0.6) is 5.75 Å². The summed E-state index contributed by atoms with van der Waals surface area (Å²) in [6.07, 6.45) is 1.85. The van der Waals surface area contributed by atoms with Crippen molar-refractivity contribution in [3.8, 4) is 17.1 Å². The second-order valence-electron chi connectivity index (χ2n) is 3.91. The highest BCUT2D eigenvalue weighted by Crippen LogP contribution is 2.32. The highest BCUT2D eigenvalue weighted by atomic mass is 32.2. The highest BCUT2D eigenvalue weighted by molar-refractivity contribution is 8.13. The van der Waals surface area contributed by atoms with Crippen LogP contribution in [0.1, 0.15) is 5.69 Å². The van der Waals surface area contributed by atoms with Crippen molar-refractivity contribution in [2.75, 3.05) is 18.7 Å². The number of aromatic nitrogens is 1. The fourth-order valence-corrected chi connectivity index (χ4v) is 1.87. The smallest absolute Gasteiger partial charge is 0.170 e. The van der Waals surface area contributed by atoms with Gasteiger partial charge in [-0.05, 0) is 25.3 Å². The average Bonchev–Trinajstić information content (AvgIpc) is 2.84. The third-order valence-corrected chi connectivity index (χ3v) is 3.07. The van der Waals surface area contributed by atoms with E-state index in [4.69, 9.17) is 14.7 Å². The van der Waals surface area contributed by atoms with Crippen molar-refractivity contribution in [2.45, 2.75) is 6.92 Å². The molecule has 1 aromatic carbocycles. The maximum Gasteiger partial charge on any atom is 0.170 e. The monoisotopic (exact) mass is 277 g/mol. The van der Waals surface area contributed by atoms with Crippen LogP contribution in [0.2, 0.25) is 0 Å². The quantitative estimate of drug-likeness (QED) is 0.665. The zero-order valence-electron chi connectivity index (χ0n) is 11.0. The molecule has 0 unspecified atom stereocenters. The number of benzene rings is 1. The Kier molecular flexibility index (Phi) is 4.11. The number of hydrogen-bond acceptors (Lipinski definition) is 5. The first-order valence-corrected chi connectivity index (χ1v) is 6.88. The van der Waals surface area contributed by atoms with Crippen molar-refractivity contribution in [1.82, 2.24) is 5.16 Å². The molecule has 0 spiro atoms. The van der Waals surface area contributed by atoms with Gasteiger partial charge in [0.25, 0.3) is 0 Å². The number of ether oxygens (including phenoxy) is 1. The summed E-state index contributed by atoms with van der Waals surface area (Å²) in [6.45, 7) is 1.87. The first-order valence-electron chi connectivity index (χ1n) is 5.65. The minimum atomic E-state index is 0.380. The van der Waals surface area contributed by atoms with Gasteiger partial charge < -0.3 is 14.6 Å². The van der Waals surface area contributed by atoms with Crippen molar-refractivity contribution in [1.29, 1.82) is 5.41 Å². The van der Waals surface area contributed by atoms with Gasteiger partial charge in [0.2, 0.25) is 0 Å². The summed E-state index contributed by atoms with van der Waals surface area (Å²) in [5.74, 6) is 1.34. The van der Waals surface area contributed by atoms with Crippen molar-refractivity contribution < 1.29 is 9.26 Å². The lowest BCUT2D eigenvalue weighted by molar-refractivity contribution is 0.405. The fraction of sp³-hybridized carbons (Fsp3) is 0.231. The number of aryl methyl sites for hydroxylation is 1. The summed E-state index contributed by atoms with van der Waals surface area (Å²) < 4.78 is 10.6. The van der Waals surface area contributed by atoms with Crippen LogP contribution in [0.15, 0.2) is 28.8 Å². The van der Waals surface area contributed by atoms with Gasteiger partial charge in [0.15, 0.2) is 10.9 Å². The molecule has 0 saturated carbocycles. The molecule has 1 aromatic heterocycles. The van der Waals surface area contributed by atoms with Crippen molar-refractivity contribution >= 4 is 22.6 Å². The molecule has 1 heterocycles. The molecule has 0 amide bonds. The minimum Gasteiger partial charge on any atom is -0.496 e. The molecule has 2 N–H and O–H groups in total. The number of nitrogens with one attached hydrogen (secondary N) is 2. The maximum atomic E-state index is 7.61. The first-order chi connectivity index (χ1) is 9.13. The molecule has 0 radical (unpaired) electrons. The minimum absolute atomic E-state index is 0.380. The highest BCUT2D eigenvalue weighted by Gasteiger charge is 2.11. The standard InChI is InChI=1S/C13H15N3O2S/c1-8-6-12(18-16-8)10-5-4-9(7-11(10)17-2)15-13(14)19-3/h4-7H,1-3H3,(H2,14,15). The van der Waals surface area contributed by atoms with Gasteiger partial charge in [-0.1, -0.05) is 16.9 Å². The fourth-order valence-electron chi connectivity index (χ4n) is 1.65. The van der Waals surface area contributed by atoms with E-state index < -0.39 is 0 Å². The number of methoxy groups -OCH3 is 1. The van der Waals surface area contributed by atoms with Crippen LogP contribution in [0.4, 0.5) is 5.69 Å². The zero-order chi connectivity index (χ0) is 13.8. The van der Waals surface area contributed by atoms with Crippen molar-refractivity contribution in [3.05, 3.63) is 30.0 Å². The number of rotatable bonds is 3. The lowest BCUT2D eigenvalue weighted by atomic mass is 10.1. The Morgan fingerprint density at radius 3 is 2.79 bits per heavy atom. The van der Waals surface area contributed by atoms with Gasteiger partial charge in [-0.15, -0.1) is 0 Å². The number of nitrogens with zero attached hydrogens (tertiary/aromatic N) is 1. The summed E-state index contributed by atoms with van der Waals surface area (Å²) >= 11 is 1.34. The number of anilines is 1. The second-order valence-corrected chi connectivity index (χ2v) is 4.72. The van der Waals surface area contributed by atoms with E-state index in [0.717, 1.165) is 16.9 Å². The van der Waals surface area contributed by atoms with Crippen LogP contribution in [-0.2, 0) is 0 Å². The van der Waals surface area contributed by atoms with Crippen LogP contribution < -0.4 is 10.1 Å². The molecule has 0 fully saturated rings. The molecule has 2 aromatic rings. The van der Waals surface area contributed by atoms with E-state index in [2.05, 4.69) is 10.5 Å². The van der Waals surface area contributed by atoms with Gasteiger partial charge in [-0.25, -0.2) is 0 Å². The predicted molar refractivity (Wildman–Crippen MR) is 78.1 cm³/mol. The summed E-state index contributed by atoms with van der Waals surface area (Å²) in [6, 6.07) is 7.45. The van der Waals surface area contributed by atoms with Crippen molar-refractivity contribution in [2.24, 2.45) is 0 Å². The van der Waals surface area contributed by atoms with Crippen LogP contribution in [0, 0.1) is 12.3 Å². The van der Waals surface area contributed by atoms with Crippen LogP contribution in [-0.4, -0.2) is 23.7 Å². The molecule has 2 rings (SSSR count). The summed E-state index contributed by atoms with van der Waals surface area (Å²) in [7, 11) is 1.60. The second kappa shape index (κ2) is 5.79. The Bertz CT molecular complexity index is 595. The van der Waals surface area contributed by atoms with Crippen LogP contribution in [0.3, 0.4) is 0 Å². The van der Waals surface area contributed by atoms with Gasteiger partial charge in [0, 0.05) is 17.8 Å². The molecule has 0 saturated heterocycles. The summed E-state index contributed by atoms with van der Waals surface area (Å²) in [5.41, 5.74) is 2.46. The molecule has 0 bridgehead atoms. The number of thioether (sulfide) groups is 1. The largest absolute Gasteiger partial charge is 0.496 e. The lowest BCUT2D eigenvalue weighted by Crippen LogP contribution is -2.05. The van der Waals surface area contributed by atoms with Gasteiger partial charge in [-0.2, -0.15) is 0 Å². The van der Waals surface area contributed by atoms with Gasteiger partial charge >= 0.3 is 0 Å². The Balaban J connectivity index is 2.34. The Labute approximate surface area is 115 Å². The third kappa shape index (κ3) is 3.08. The van der Waals surface area contributed by atoms with Gasteiger partial charge in [-0.3, -0.25) is 5.41 Å². The van der Waals surface area contributed by atoms with Crippen LogP contribution >= 0.6 is 11.8 Å². The SMILES string of the molecule is COc1cc(NC(=N)SC)ccc1-c1cc(C)no1. The number of amidine groups is 1. The van der Waals surface area contributed by atoms with Crippen LogP contribution in [0.25, 0.3) is 11.3 Å². The average molecular weight is 277 g/mol. The topological polar surface area (TPSA) is 71.1 Å². The first kappa shape index (κ1) is 13.5. The maximum absolute atomic E-state index is 7.61. The molecule has 0 aliphatic carbocycles. The third-order valence-electron chi connectivity index (χ3n) is 2.56. The normalized spacial score (nSPS) is 10.3. The van der Waals surface area contributed by atoms with Gasteiger partial charge in [0.1, 0.15) is 5.75 Å². The van der Waals surface area contributed by atoms with E-state index in [9.17, 15) is 0 Å². The van der Waals surface area contributed by atoms with E-state index >= 15 is 0 Å². The molecular weight excluding hydrogens is 262 g/mol. The van der Waals surface area contributed by atoms with E-state index in [-0.39, 0.29) is 0 Å². The zero-order valence-corrected chi connectivity index (χ0v) is 11.8. The molecule has 0 aliphatic heterocycles. The molecule has 0 atom stereocenters. The Morgan fingerprint density at radius 1 is 1.42 bits per heavy atom. The van der Waals surface area contributed by atoms with E-state index in [1.807, 2.05) is 37.4 Å². The molecule has 19 heavy (non-hydrogen) atoms. The number of hydrogen-bond donors (Lipinski definition) is 2. The van der Waals surface area contributed by atoms with E-state index in [0.29, 0.717) is 16.7 Å². The predicted octanol–water partition coefficient (Wildman–Crippen LogP) is 3.37.